The molecule has 0 spiro atoms. The zero-order valence-corrected chi connectivity index (χ0v) is 31.6. The fourth-order valence-corrected chi connectivity index (χ4v) is 14.6. The maximum Gasteiger partial charge on any atom is 0.161 e. The van der Waals surface area contributed by atoms with Crippen molar-refractivity contribution >= 4 is 23.1 Å². The number of ketones is 4. The van der Waals surface area contributed by atoms with E-state index in [1.165, 1.54) is 13.8 Å². The van der Waals surface area contributed by atoms with Gasteiger partial charge in [0.25, 0.3) is 0 Å². The minimum atomic E-state index is -2.07. The Kier molecular flexibility index (Phi) is 7.95. The van der Waals surface area contributed by atoms with Crippen molar-refractivity contribution in [3.05, 3.63) is 23.3 Å². The topological polar surface area (TPSA) is 127 Å². The lowest BCUT2D eigenvalue weighted by molar-refractivity contribution is -0.428. The Bertz CT molecular complexity index is 1590. The summed E-state index contributed by atoms with van der Waals surface area (Å²) in [4.78, 5) is 64.6. The first-order valence-electron chi connectivity index (χ1n) is 19.8. The van der Waals surface area contributed by atoms with Crippen LogP contribution in [0.15, 0.2) is 23.3 Å². The predicted octanol–water partition coefficient (Wildman–Crippen LogP) is 6.78. The first-order valence-corrected chi connectivity index (χ1v) is 19.8. The summed E-state index contributed by atoms with van der Waals surface area (Å²) in [6.45, 7) is 10.2. The van der Waals surface area contributed by atoms with Gasteiger partial charge in [0.2, 0.25) is 0 Å². The summed E-state index contributed by atoms with van der Waals surface area (Å²) in [6.07, 6.45) is 4.51. The van der Waals surface area contributed by atoms with Crippen LogP contribution in [-0.4, -0.2) is 68.1 Å². The van der Waals surface area contributed by atoms with Gasteiger partial charge in [-0.25, -0.2) is 18.6 Å². The van der Waals surface area contributed by atoms with Crippen molar-refractivity contribution < 1.29 is 47.9 Å². The summed E-state index contributed by atoms with van der Waals surface area (Å²) in [5.74, 6) is -2.73. The number of carbonyl (C=O) groups excluding carboxylic acids is 4. The fourth-order valence-electron chi connectivity index (χ4n) is 14.6. The molecule has 8 rings (SSSR count). The van der Waals surface area contributed by atoms with Gasteiger partial charge in [0.05, 0.1) is 0 Å². The highest BCUT2D eigenvalue weighted by molar-refractivity contribution is 5.92. The summed E-state index contributed by atoms with van der Waals surface area (Å²) in [6, 6.07) is 0. The molecule has 286 valence electrons. The molecule has 0 aromatic rings. The smallest absolute Gasteiger partial charge is 0.161 e. The molecule has 8 aliphatic carbocycles. The number of Topliss-reactive ketones (excluding diaryl/α,β-unsaturated/α-hetero) is 2. The predicted molar refractivity (Wildman–Crippen MR) is 186 cm³/mol. The van der Waals surface area contributed by atoms with Gasteiger partial charge >= 0.3 is 0 Å². The molecule has 0 amide bonds. The number of rotatable bonds is 5. The first kappa shape index (κ1) is 36.8. The lowest BCUT2D eigenvalue weighted by Crippen LogP contribution is -2.71. The third-order valence-electron chi connectivity index (χ3n) is 17.8. The van der Waals surface area contributed by atoms with Crippen molar-refractivity contribution in [2.24, 2.45) is 45.3 Å². The second kappa shape index (κ2) is 11.2. The van der Waals surface area contributed by atoms with Crippen molar-refractivity contribution in [3.8, 4) is 0 Å². The largest absolute Gasteiger partial charge is 0.382 e. The molecule has 14 unspecified atom stereocenters. The zero-order chi connectivity index (χ0) is 37.7. The highest BCUT2D eigenvalue weighted by Crippen LogP contribution is 2.73. The summed E-state index contributed by atoms with van der Waals surface area (Å²) in [5.41, 5.74) is -10.4. The maximum absolute atomic E-state index is 18.9. The van der Waals surface area contributed by atoms with Crippen LogP contribution >= 0.6 is 0 Å². The SMILES string of the molecule is CC(=O)C1(O)CCC2C3CCC4=CC(=O)CCC4(C)C3(F)C(OOC3CC4(C)C(CCC4(O)C(C)=O)C4CCC5=CC(=O)CCC5(C)C34F)CC21C. The molecule has 10 heteroatoms. The molecule has 0 aliphatic heterocycles. The normalized spacial score (nSPS) is 53.7. The number of carbonyl (C=O) groups is 4. The van der Waals surface area contributed by atoms with Gasteiger partial charge in [-0.05, 0) is 115 Å². The van der Waals surface area contributed by atoms with E-state index in [9.17, 15) is 29.4 Å². The third-order valence-corrected chi connectivity index (χ3v) is 17.8. The molecule has 6 fully saturated rings. The number of hydrogen-bond acceptors (Lipinski definition) is 8. The van der Waals surface area contributed by atoms with E-state index in [2.05, 4.69) is 0 Å². The summed E-state index contributed by atoms with van der Waals surface area (Å²) in [7, 11) is 0. The van der Waals surface area contributed by atoms with Crippen LogP contribution in [0.3, 0.4) is 0 Å². The van der Waals surface area contributed by atoms with Gasteiger partial charge in [-0.15, -0.1) is 0 Å². The van der Waals surface area contributed by atoms with Gasteiger partial charge in [-0.3, -0.25) is 19.2 Å². The van der Waals surface area contributed by atoms with E-state index in [4.69, 9.17) is 9.78 Å². The zero-order valence-electron chi connectivity index (χ0n) is 31.6. The number of hydrogen-bond donors (Lipinski definition) is 2. The Labute approximate surface area is 305 Å². The fraction of sp³-hybridized carbons (Fsp3) is 0.810. The summed E-state index contributed by atoms with van der Waals surface area (Å²) >= 11 is 0. The average Bonchev–Trinajstić information content (AvgIpc) is 3.51. The highest BCUT2D eigenvalue weighted by Gasteiger charge is 2.77. The second-order valence-electron chi connectivity index (χ2n) is 19.3. The number of alkyl halides is 2. The monoisotopic (exact) mass is 726 g/mol. The van der Waals surface area contributed by atoms with Crippen LogP contribution in [0.1, 0.15) is 131 Å². The van der Waals surface area contributed by atoms with Gasteiger partial charge in [-0.2, -0.15) is 0 Å². The first-order chi connectivity index (χ1) is 24.2. The van der Waals surface area contributed by atoms with Gasteiger partial charge in [0.1, 0.15) is 23.4 Å². The Balaban J connectivity index is 1.24. The van der Waals surface area contributed by atoms with Crippen LogP contribution in [0.4, 0.5) is 8.78 Å². The molecule has 0 saturated heterocycles. The van der Waals surface area contributed by atoms with E-state index in [1.54, 1.807) is 12.2 Å². The maximum atomic E-state index is 18.9. The molecular weight excluding hydrogens is 670 g/mol. The van der Waals surface area contributed by atoms with E-state index in [0.29, 0.717) is 38.5 Å². The van der Waals surface area contributed by atoms with Gasteiger partial charge < -0.3 is 10.2 Å². The van der Waals surface area contributed by atoms with Gasteiger partial charge in [0, 0.05) is 46.3 Å². The van der Waals surface area contributed by atoms with Crippen molar-refractivity contribution in [2.75, 3.05) is 0 Å². The molecule has 0 aromatic heterocycles. The van der Waals surface area contributed by atoms with Crippen LogP contribution in [-0.2, 0) is 29.0 Å². The van der Waals surface area contributed by atoms with Crippen LogP contribution < -0.4 is 0 Å². The Morgan fingerprint density at radius 1 is 0.615 bits per heavy atom. The van der Waals surface area contributed by atoms with Crippen LogP contribution in [0.5, 0.6) is 0 Å². The molecule has 0 radical (unpaired) electrons. The highest BCUT2D eigenvalue weighted by atomic mass is 19.1. The standard InChI is InChI=1S/C42H56F2O8/c1-23(45)39(49)17-13-29-31-9-7-25-19-27(47)11-15-35(25,3)41(31,43)33(21-37(29,39)5)51-52-34-22-38(6)30(14-18-40(38,50)24(2)46)32-10-8-26-20-28(48)12-16-36(26,4)42(32,34)44/h19-20,29-34,49-50H,7-18,21-22H2,1-6H3. The van der Waals surface area contributed by atoms with E-state index >= 15 is 8.78 Å². The lowest BCUT2D eigenvalue weighted by Gasteiger charge is -2.65. The quantitative estimate of drug-likeness (QED) is 0.235. The summed E-state index contributed by atoms with van der Waals surface area (Å²) < 4.78 is 37.9. The summed E-state index contributed by atoms with van der Waals surface area (Å²) in [5, 5.41) is 24.0. The Morgan fingerprint density at radius 3 is 1.33 bits per heavy atom. The minimum absolute atomic E-state index is 0.0407. The molecule has 6 saturated carbocycles. The molecule has 0 aromatic carbocycles. The van der Waals surface area contributed by atoms with Gasteiger partial charge in [-0.1, -0.05) is 38.8 Å². The lowest BCUT2D eigenvalue weighted by atomic mass is 9.43. The molecule has 0 heterocycles. The van der Waals surface area contributed by atoms with E-state index in [1.807, 2.05) is 27.7 Å². The second-order valence-corrected chi connectivity index (χ2v) is 19.3. The van der Waals surface area contributed by atoms with Crippen molar-refractivity contribution in [1.29, 1.82) is 0 Å². The van der Waals surface area contributed by atoms with Crippen LogP contribution in [0.25, 0.3) is 0 Å². The molecule has 52 heavy (non-hydrogen) atoms. The molecule has 2 N–H and O–H groups in total. The van der Waals surface area contributed by atoms with Crippen molar-refractivity contribution in [3.63, 3.8) is 0 Å². The number of halogens is 2. The van der Waals surface area contributed by atoms with Crippen molar-refractivity contribution in [2.45, 2.75) is 166 Å². The number of fused-ring (bicyclic) bond motifs is 10. The number of allylic oxidation sites excluding steroid dienone is 2. The molecule has 14 atom stereocenters. The Hall–Kier alpha value is -2.14. The molecule has 0 bridgehead atoms. The average molecular weight is 727 g/mol. The van der Waals surface area contributed by atoms with Gasteiger partial charge in [0.15, 0.2) is 34.5 Å². The van der Waals surface area contributed by atoms with Crippen LogP contribution in [0.2, 0.25) is 0 Å². The molecular formula is C42H56F2O8. The van der Waals surface area contributed by atoms with Crippen LogP contribution in [0, 0.1) is 45.3 Å². The van der Waals surface area contributed by atoms with E-state index in [-0.39, 0.29) is 86.3 Å². The molecule has 8 nitrogen and oxygen atoms in total. The third kappa shape index (κ3) is 4.16. The molecule has 8 aliphatic rings. The minimum Gasteiger partial charge on any atom is -0.382 e. The van der Waals surface area contributed by atoms with Crippen molar-refractivity contribution in [1.82, 2.24) is 0 Å². The number of aliphatic hydroxyl groups is 2. The van der Waals surface area contributed by atoms with E-state index in [0.717, 1.165) is 11.1 Å². The Morgan fingerprint density at radius 2 is 0.981 bits per heavy atom. The van der Waals surface area contributed by atoms with E-state index < -0.39 is 68.2 Å².